The fourth-order valence-corrected chi connectivity index (χ4v) is 4.00. The summed E-state index contributed by atoms with van der Waals surface area (Å²) < 4.78 is 0. The van der Waals surface area contributed by atoms with Gasteiger partial charge in [-0.05, 0) is 42.3 Å². The minimum atomic E-state index is -0.439. The van der Waals surface area contributed by atoms with Gasteiger partial charge in [0, 0.05) is 37.8 Å². The van der Waals surface area contributed by atoms with E-state index in [9.17, 15) is 14.4 Å². The quantitative estimate of drug-likeness (QED) is 0.864. The monoisotopic (exact) mass is 397 g/mol. The molecule has 2 heterocycles. The number of nitrogens with one attached hydrogen (secondary N) is 1. The number of benzene rings is 2. The Bertz CT molecular complexity index is 975. The lowest BCUT2D eigenvalue weighted by Gasteiger charge is -2.19. The zero-order chi connectivity index (χ0) is 19.8. The van der Waals surface area contributed by atoms with Gasteiger partial charge in [0.15, 0.2) is 0 Å². The summed E-state index contributed by atoms with van der Waals surface area (Å²) >= 11 is 6.10. The molecule has 0 saturated carbocycles. The number of hydrogen-bond donors (Lipinski definition) is 1. The molecule has 4 rings (SSSR count). The Kier molecular flexibility index (Phi) is 4.81. The molecule has 0 spiro atoms. The van der Waals surface area contributed by atoms with Gasteiger partial charge in [0.05, 0.1) is 16.6 Å². The van der Waals surface area contributed by atoms with Crippen LogP contribution >= 0.6 is 11.6 Å². The van der Waals surface area contributed by atoms with E-state index in [1.165, 1.54) is 0 Å². The maximum atomic E-state index is 12.6. The third-order valence-electron chi connectivity index (χ3n) is 5.28. The Morgan fingerprint density at radius 1 is 1.18 bits per heavy atom. The second kappa shape index (κ2) is 7.28. The fourth-order valence-electron chi connectivity index (χ4n) is 3.81. The predicted molar refractivity (Wildman–Crippen MR) is 109 cm³/mol. The first-order valence-corrected chi connectivity index (χ1v) is 9.58. The summed E-state index contributed by atoms with van der Waals surface area (Å²) in [5.74, 6) is -0.723. The van der Waals surface area contributed by atoms with Gasteiger partial charge in [-0.2, -0.15) is 0 Å². The lowest BCUT2D eigenvalue weighted by Crippen LogP contribution is -2.28. The van der Waals surface area contributed by atoms with Crippen LogP contribution in [0.15, 0.2) is 42.5 Å². The number of anilines is 3. The molecule has 0 bridgehead atoms. The summed E-state index contributed by atoms with van der Waals surface area (Å²) in [6, 6.07) is 12.7. The zero-order valence-electron chi connectivity index (χ0n) is 15.4. The molecule has 1 fully saturated rings. The van der Waals surface area contributed by atoms with Crippen LogP contribution in [0.25, 0.3) is 0 Å². The third kappa shape index (κ3) is 3.36. The maximum Gasteiger partial charge on any atom is 0.229 e. The lowest BCUT2D eigenvalue weighted by molar-refractivity contribution is -0.122. The fraction of sp³-hybridized carbons (Fsp3) is 0.286. The highest BCUT2D eigenvalue weighted by molar-refractivity contribution is 6.33. The molecule has 144 valence electrons. The van der Waals surface area contributed by atoms with Crippen LogP contribution in [0.5, 0.6) is 0 Å². The Labute approximate surface area is 168 Å². The molecule has 1 atom stereocenters. The molecule has 7 heteroatoms. The molecule has 0 aromatic heterocycles. The summed E-state index contributed by atoms with van der Waals surface area (Å²) in [6.45, 7) is 2.53. The molecule has 0 aliphatic carbocycles. The van der Waals surface area contributed by atoms with E-state index in [-0.39, 0.29) is 24.1 Å². The smallest absolute Gasteiger partial charge is 0.229 e. The van der Waals surface area contributed by atoms with E-state index in [4.69, 9.17) is 11.6 Å². The summed E-state index contributed by atoms with van der Waals surface area (Å²) in [4.78, 5) is 40.2. The van der Waals surface area contributed by atoms with Crippen molar-refractivity contribution in [3.8, 4) is 0 Å². The normalized spacial score (nSPS) is 18.4. The number of fused-ring (bicyclic) bond motifs is 1. The molecule has 6 nitrogen and oxygen atoms in total. The number of amides is 3. The van der Waals surface area contributed by atoms with Gasteiger partial charge in [0.2, 0.25) is 17.7 Å². The van der Waals surface area contributed by atoms with Gasteiger partial charge in [-0.25, -0.2) is 0 Å². The molecule has 1 N–H and O–H groups in total. The van der Waals surface area contributed by atoms with E-state index in [1.807, 2.05) is 18.2 Å². The highest BCUT2D eigenvalue weighted by atomic mass is 35.5. The zero-order valence-corrected chi connectivity index (χ0v) is 16.2. The number of nitrogens with zero attached hydrogens (tertiary/aromatic N) is 2. The Morgan fingerprint density at radius 3 is 2.71 bits per heavy atom. The molecule has 2 aromatic rings. The minimum absolute atomic E-state index is 0.0139. The molecule has 1 saturated heterocycles. The lowest BCUT2D eigenvalue weighted by atomic mass is 10.1. The molecule has 3 amide bonds. The molecular weight excluding hydrogens is 378 g/mol. The van der Waals surface area contributed by atoms with Crippen LogP contribution in [-0.4, -0.2) is 30.8 Å². The predicted octanol–water partition coefficient (Wildman–Crippen LogP) is 3.24. The summed E-state index contributed by atoms with van der Waals surface area (Å²) in [5.41, 5.74) is 3.25. The van der Waals surface area contributed by atoms with Crippen molar-refractivity contribution >= 4 is 46.4 Å². The van der Waals surface area contributed by atoms with Gasteiger partial charge in [0.25, 0.3) is 0 Å². The van der Waals surface area contributed by atoms with E-state index in [0.717, 1.165) is 23.4 Å². The van der Waals surface area contributed by atoms with Crippen molar-refractivity contribution in [2.45, 2.75) is 19.8 Å². The van der Waals surface area contributed by atoms with E-state index < -0.39 is 5.92 Å². The molecule has 2 aliphatic heterocycles. The first-order valence-electron chi connectivity index (χ1n) is 9.21. The van der Waals surface area contributed by atoms with E-state index in [1.54, 1.807) is 41.0 Å². The average molecular weight is 398 g/mol. The van der Waals surface area contributed by atoms with Crippen LogP contribution in [0.1, 0.15) is 18.9 Å². The third-order valence-corrected chi connectivity index (χ3v) is 5.61. The van der Waals surface area contributed by atoms with Crippen LogP contribution < -0.4 is 15.1 Å². The standard InChI is InChI=1S/C21H20ClN3O3/c1-13(26)24-9-8-14-10-16(6-7-19(14)24)25-12-15(11-20(25)27)21(28)23-18-5-3-2-4-17(18)22/h2-7,10,15H,8-9,11-12H2,1H3,(H,23,28)/t15-/m0/s1. The van der Waals surface area contributed by atoms with Crippen LogP contribution in [0.4, 0.5) is 17.1 Å². The van der Waals surface area contributed by atoms with E-state index in [2.05, 4.69) is 5.32 Å². The Morgan fingerprint density at radius 2 is 1.96 bits per heavy atom. The van der Waals surface area contributed by atoms with E-state index in [0.29, 0.717) is 23.8 Å². The van der Waals surface area contributed by atoms with Crippen molar-refractivity contribution in [2.75, 3.05) is 28.2 Å². The second-order valence-corrected chi connectivity index (χ2v) is 7.52. The topological polar surface area (TPSA) is 69.7 Å². The Hall–Kier alpha value is -2.86. The van der Waals surface area contributed by atoms with Crippen molar-refractivity contribution in [1.29, 1.82) is 0 Å². The molecule has 28 heavy (non-hydrogen) atoms. The van der Waals surface area contributed by atoms with Crippen LogP contribution in [0.3, 0.4) is 0 Å². The van der Waals surface area contributed by atoms with Crippen molar-refractivity contribution in [1.82, 2.24) is 0 Å². The van der Waals surface area contributed by atoms with Gasteiger partial charge >= 0.3 is 0 Å². The molecule has 0 unspecified atom stereocenters. The first kappa shape index (κ1) is 18.5. The largest absolute Gasteiger partial charge is 0.324 e. The minimum Gasteiger partial charge on any atom is -0.324 e. The molecule has 2 aromatic carbocycles. The maximum absolute atomic E-state index is 12.6. The summed E-state index contributed by atoms with van der Waals surface area (Å²) in [7, 11) is 0. The van der Waals surface area contributed by atoms with Crippen molar-refractivity contribution in [3.63, 3.8) is 0 Å². The van der Waals surface area contributed by atoms with Gasteiger partial charge in [-0.15, -0.1) is 0 Å². The molecule has 2 aliphatic rings. The number of carbonyl (C=O) groups excluding carboxylic acids is 3. The number of carbonyl (C=O) groups is 3. The van der Waals surface area contributed by atoms with Crippen LogP contribution in [-0.2, 0) is 20.8 Å². The number of para-hydroxylation sites is 1. The van der Waals surface area contributed by atoms with Crippen molar-refractivity contribution in [2.24, 2.45) is 5.92 Å². The van der Waals surface area contributed by atoms with Crippen LogP contribution in [0, 0.1) is 5.92 Å². The second-order valence-electron chi connectivity index (χ2n) is 7.11. The van der Waals surface area contributed by atoms with Gasteiger partial charge < -0.3 is 15.1 Å². The molecule has 0 radical (unpaired) electrons. The first-order chi connectivity index (χ1) is 13.4. The highest BCUT2D eigenvalue weighted by Gasteiger charge is 2.36. The number of rotatable bonds is 3. The SMILES string of the molecule is CC(=O)N1CCc2cc(N3C[C@@H](C(=O)Nc4ccccc4Cl)CC3=O)ccc21. The average Bonchev–Trinajstić information content (AvgIpc) is 3.26. The van der Waals surface area contributed by atoms with Crippen molar-refractivity contribution in [3.05, 3.63) is 53.1 Å². The van der Waals surface area contributed by atoms with E-state index >= 15 is 0 Å². The summed E-state index contributed by atoms with van der Waals surface area (Å²) in [5, 5.41) is 3.27. The highest BCUT2D eigenvalue weighted by Crippen LogP contribution is 2.34. The van der Waals surface area contributed by atoms with Gasteiger partial charge in [0.1, 0.15) is 0 Å². The van der Waals surface area contributed by atoms with Crippen LogP contribution in [0.2, 0.25) is 5.02 Å². The number of hydrogen-bond acceptors (Lipinski definition) is 3. The summed E-state index contributed by atoms with van der Waals surface area (Å²) in [6.07, 6.45) is 0.925. The number of halogens is 1. The Balaban J connectivity index is 1.49. The van der Waals surface area contributed by atoms with Gasteiger partial charge in [-0.1, -0.05) is 23.7 Å². The van der Waals surface area contributed by atoms with Crippen molar-refractivity contribution < 1.29 is 14.4 Å². The van der Waals surface area contributed by atoms with Gasteiger partial charge in [-0.3, -0.25) is 14.4 Å². The molecular formula is C21H20ClN3O3.